The molecule has 1 unspecified atom stereocenters. The molecule has 0 aromatic carbocycles. The summed E-state index contributed by atoms with van der Waals surface area (Å²) in [7, 11) is 0. The number of carbonyl (C=O) groups excluding carboxylic acids is 2. The van der Waals surface area contributed by atoms with Crippen molar-refractivity contribution >= 4 is 12.3 Å². The van der Waals surface area contributed by atoms with Crippen molar-refractivity contribution in [3.63, 3.8) is 0 Å². The van der Waals surface area contributed by atoms with Gasteiger partial charge in [-0.05, 0) is 5.92 Å². The Morgan fingerprint density at radius 1 is 1.42 bits per heavy atom. The standard InChI is InChI=1S/C9H16O3/c1-7(2)6-12-9(11)8(3)4-5-10/h5,7-8H,4,6H2,1-3H3. The summed E-state index contributed by atoms with van der Waals surface area (Å²) in [6.45, 7) is 6.06. The summed E-state index contributed by atoms with van der Waals surface area (Å²) in [6, 6.07) is 0. The Balaban J connectivity index is 3.63. The van der Waals surface area contributed by atoms with E-state index in [1.165, 1.54) is 0 Å². The Morgan fingerprint density at radius 2 is 2.00 bits per heavy atom. The van der Waals surface area contributed by atoms with Crippen LogP contribution in [0.3, 0.4) is 0 Å². The molecule has 0 N–H and O–H groups in total. The number of hydrogen-bond acceptors (Lipinski definition) is 3. The van der Waals surface area contributed by atoms with Gasteiger partial charge in [0.15, 0.2) is 0 Å². The number of rotatable bonds is 5. The van der Waals surface area contributed by atoms with E-state index in [1.807, 2.05) is 13.8 Å². The highest BCUT2D eigenvalue weighted by molar-refractivity contribution is 5.75. The first-order chi connectivity index (χ1) is 5.57. The monoisotopic (exact) mass is 172 g/mol. The van der Waals surface area contributed by atoms with Crippen LogP contribution in [0.1, 0.15) is 27.2 Å². The number of ether oxygens (including phenoxy) is 1. The lowest BCUT2D eigenvalue weighted by molar-refractivity contribution is -0.149. The lowest BCUT2D eigenvalue weighted by atomic mass is 10.1. The molecule has 3 heteroatoms. The quantitative estimate of drug-likeness (QED) is 0.465. The number of aldehydes is 1. The van der Waals surface area contributed by atoms with Gasteiger partial charge in [0.2, 0.25) is 0 Å². The minimum absolute atomic E-state index is 0.247. The van der Waals surface area contributed by atoms with E-state index in [1.54, 1.807) is 6.92 Å². The molecule has 70 valence electrons. The predicted molar refractivity (Wildman–Crippen MR) is 45.6 cm³/mol. The van der Waals surface area contributed by atoms with Crippen LogP contribution in [-0.4, -0.2) is 18.9 Å². The smallest absolute Gasteiger partial charge is 0.309 e. The second kappa shape index (κ2) is 5.75. The van der Waals surface area contributed by atoms with Crippen LogP contribution in [0.5, 0.6) is 0 Å². The van der Waals surface area contributed by atoms with Gasteiger partial charge < -0.3 is 9.53 Å². The molecule has 0 aromatic heterocycles. The molecule has 0 aliphatic rings. The molecule has 0 aliphatic carbocycles. The maximum Gasteiger partial charge on any atom is 0.309 e. The van der Waals surface area contributed by atoms with Crippen LogP contribution in [0.25, 0.3) is 0 Å². The number of hydrogen-bond donors (Lipinski definition) is 0. The molecule has 0 fully saturated rings. The fraction of sp³-hybridized carbons (Fsp3) is 0.778. The van der Waals surface area contributed by atoms with Crippen LogP contribution in [-0.2, 0) is 14.3 Å². The Hall–Kier alpha value is -0.860. The van der Waals surface area contributed by atoms with Gasteiger partial charge in [-0.2, -0.15) is 0 Å². The zero-order valence-electron chi connectivity index (χ0n) is 7.87. The van der Waals surface area contributed by atoms with E-state index in [-0.39, 0.29) is 18.3 Å². The van der Waals surface area contributed by atoms with Crippen molar-refractivity contribution in [2.24, 2.45) is 11.8 Å². The molecular formula is C9H16O3. The van der Waals surface area contributed by atoms with Crippen molar-refractivity contribution < 1.29 is 14.3 Å². The van der Waals surface area contributed by atoms with Gasteiger partial charge in [0.25, 0.3) is 0 Å². The van der Waals surface area contributed by atoms with Crippen LogP contribution in [0.4, 0.5) is 0 Å². The van der Waals surface area contributed by atoms with E-state index in [0.717, 1.165) is 6.29 Å². The highest BCUT2D eigenvalue weighted by Gasteiger charge is 2.13. The van der Waals surface area contributed by atoms with E-state index < -0.39 is 0 Å². The molecular weight excluding hydrogens is 156 g/mol. The minimum Gasteiger partial charge on any atom is -0.465 e. The Kier molecular flexibility index (Phi) is 5.34. The van der Waals surface area contributed by atoms with Crippen LogP contribution in [0.15, 0.2) is 0 Å². The highest BCUT2D eigenvalue weighted by Crippen LogP contribution is 2.03. The van der Waals surface area contributed by atoms with Gasteiger partial charge in [-0.3, -0.25) is 4.79 Å². The summed E-state index contributed by atoms with van der Waals surface area (Å²) in [4.78, 5) is 21.1. The van der Waals surface area contributed by atoms with Gasteiger partial charge in [0.05, 0.1) is 12.5 Å². The summed E-state index contributed by atoms with van der Waals surface area (Å²) >= 11 is 0. The molecule has 0 aliphatic heterocycles. The molecule has 0 aromatic rings. The van der Waals surface area contributed by atoms with Crippen LogP contribution in [0.2, 0.25) is 0 Å². The highest BCUT2D eigenvalue weighted by atomic mass is 16.5. The molecule has 0 rings (SSSR count). The Morgan fingerprint density at radius 3 is 2.42 bits per heavy atom. The molecule has 0 saturated carbocycles. The van der Waals surface area contributed by atoms with Crippen molar-refractivity contribution in [2.75, 3.05) is 6.61 Å². The second-order valence-electron chi connectivity index (χ2n) is 3.33. The molecule has 0 bridgehead atoms. The summed E-state index contributed by atoms with van der Waals surface area (Å²) in [5.74, 6) is -0.241. The number of esters is 1. The zero-order chi connectivity index (χ0) is 9.56. The summed E-state index contributed by atoms with van der Waals surface area (Å²) in [6.07, 6.45) is 0.984. The Bertz CT molecular complexity index is 152. The summed E-state index contributed by atoms with van der Waals surface area (Å²) < 4.78 is 4.92. The van der Waals surface area contributed by atoms with Crippen LogP contribution >= 0.6 is 0 Å². The van der Waals surface area contributed by atoms with Crippen molar-refractivity contribution in [2.45, 2.75) is 27.2 Å². The minimum atomic E-state index is -0.304. The largest absolute Gasteiger partial charge is 0.465 e. The molecule has 0 amide bonds. The molecule has 1 atom stereocenters. The fourth-order valence-electron chi connectivity index (χ4n) is 0.632. The average Bonchev–Trinajstić information content (AvgIpc) is 2.00. The van der Waals surface area contributed by atoms with Crippen molar-refractivity contribution in [3.05, 3.63) is 0 Å². The van der Waals surface area contributed by atoms with Crippen molar-refractivity contribution in [1.82, 2.24) is 0 Å². The average molecular weight is 172 g/mol. The first kappa shape index (κ1) is 11.1. The molecule has 0 saturated heterocycles. The van der Waals surface area contributed by atoms with E-state index >= 15 is 0 Å². The number of carbonyl (C=O) groups is 2. The summed E-state index contributed by atoms with van der Waals surface area (Å²) in [5.41, 5.74) is 0. The van der Waals surface area contributed by atoms with Crippen molar-refractivity contribution in [3.8, 4) is 0 Å². The molecule has 0 heterocycles. The Labute approximate surface area is 73.1 Å². The summed E-state index contributed by atoms with van der Waals surface area (Å²) in [5, 5.41) is 0. The van der Waals surface area contributed by atoms with Crippen LogP contribution < -0.4 is 0 Å². The maximum absolute atomic E-state index is 11.1. The third kappa shape index (κ3) is 4.88. The first-order valence-corrected chi connectivity index (χ1v) is 4.18. The van der Waals surface area contributed by atoms with Crippen LogP contribution in [0, 0.1) is 11.8 Å². The fourth-order valence-corrected chi connectivity index (χ4v) is 0.632. The van der Waals surface area contributed by atoms with Gasteiger partial charge >= 0.3 is 5.97 Å². The molecule has 12 heavy (non-hydrogen) atoms. The third-order valence-electron chi connectivity index (χ3n) is 1.41. The van der Waals surface area contributed by atoms with Crippen molar-refractivity contribution in [1.29, 1.82) is 0 Å². The normalized spacial score (nSPS) is 12.7. The van der Waals surface area contributed by atoms with E-state index in [0.29, 0.717) is 12.5 Å². The van der Waals surface area contributed by atoms with Gasteiger partial charge in [-0.25, -0.2) is 0 Å². The lowest BCUT2D eigenvalue weighted by Crippen LogP contribution is -2.17. The van der Waals surface area contributed by atoms with Gasteiger partial charge in [0, 0.05) is 6.42 Å². The second-order valence-corrected chi connectivity index (χ2v) is 3.33. The third-order valence-corrected chi connectivity index (χ3v) is 1.41. The van der Waals surface area contributed by atoms with Gasteiger partial charge in [-0.1, -0.05) is 20.8 Å². The zero-order valence-corrected chi connectivity index (χ0v) is 7.87. The van der Waals surface area contributed by atoms with E-state index in [9.17, 15) is 9.59 Å². The predicted octanol–water partition coefficient (Wildman–Crippen LogP) is 1.41. The molecule has 0 spiro atoms. The van der Waals surface area contributed by atoms with Gasteiger partial charge in [0.1, 0.15) is 6.29 Å². The SMILES string of the molecule is CC(C)COC(=O)C(C)CC=O. The first-order valence-electron chi connectivity index (χ1n) is 4.18. The van der Waals surface area contributed by atoms with E-state index in [2.05, 4.69) is 0 Å². The lowest BCUT2D eigenvalue weighted by Gasteiger charge is -2.10. The topological polar surface area (TPSA) is 43.4 Å². The molecule has 0 radical (unpaired) electrons. The maximum atomic E-state index is 11.1. The van der Waals surface area contributed by atoms with Gasteiger partial charge in [-0.15, -0.1) is 0 Å². The molecule has 3 nitrogen and oxygen atoms in total. The van der Waals surface area contributed by atoms with E-state index in [4.69, 9.17) is 4.74 Å².